The molecule has 0 radical (unpaired) electrons. The number of nitriles is 1. The standard InChI is InChI=1S/C16H19F3N4O/c17-16(18,19)13-8-12(21-22-13)11-4-3-7-23(9-11)14(24)15(10-20)5-1-2-6-15/h8,11H,1-7,9H2,(H,21,22)/t11-/m1/s1. The van der Waals surface area contributed by atoms with E-state index in [0.717, 1.165) is 18.9 Å². The van der Waals surface area contributed by atoms with Crippen LogP contribution in [0.15, 0.2) is 6.07 Å². The van der Waals surface area contributed by atoms with Gasteiger partial charge in [-0.25, -0.2) is 0 Å². The van der Waals surface area contributed by atoms with Crippen molar-refractivity contribution < 1.29 is 18.0 Å². The van der Waals surface area contributed by atoms with Crippen molar-refractivity contribution in [2.24, 2.45) is 5.41 Å². The number of alkyl halides is 3. The largest absolute Gasteiger partial charge is 0.435 e. The van der Waals surface area contributed by atoms with Crippen LogP contribution in [0.25, 0.3) is 0 Å². The molecule has 1 N–H and O–H groups in total. The Bertz CT molecular complexity index is 655. The van der Waals surface area contributed by atoms with E-state index < -0.39 is 17.3 Å². The van der Waals surface area contributed by atoms with Gasteiger partial charge in [0.1, 0.15) is 5.41 Å². The zero-order chi connectivity index (χ0) is 17.4. The van der Waals surface area contributed by atoms with Crippen LogP contribution < -0.4 is 0 Å². The van der Waals surface area contributed by atoms with Gasteiger partial charge < -0.3 is 4.90 Å². The first-order chi connectivity index (χ1) is 11.4. The number of nitrogens with one attached hydrogen (secondary N) is 1. The average Bonchev–Trinajstić information content (AvgIpc) is 3.24. The van der Waals surface area contributed by atoms with Gasteiger partial charge in [0.15, 0.2) is 5.69 Å². The summed E-state index contributed by atoms with van der Waals surface area (Å²) in [5, 5.41) is 15.3. The number of carbonyl (C=O) groups is 1. The van der Waals surface area contributed by atoms with Crippen molar-refractivity contribution in [1.82, 2.24) is 15.1 Å². The molecule has 1 saturated carbocycles. The van der Waals surface area contributed by atoms with E-state index >= 15 is 0 Å². The number of carbonyl (C=O) groups excluding carboxylic acids is 1. The first kappa shape index (κ1) is 16.8. The van der Waals surface area contributed by atoms with E-state index in [9.17, 15) is 23.2 Å². The molecule has 8 heteroatoms. The van der Waals surface area contributed by atoms with Crippen molar-refractivity contribution in [3.8, 4) is 6.07 Å². The third-order valence-electron chi connectivity index (χ3n) is 5.12. The molecule has 1 saturated heterocycles. The van der Waals surface area contributed by atoms with Crippen molar-refractivity contribution in [1.29, 1.82) is 5.26 Å². The van der Waals surface area contributed by atoms with Crippen LogP contribution in [-0.2, 0) is 11.0 Å². The van der Waals surface area contributed by atoms with E-state index in [1.807, 2.05) is 0 Å². The molecule has 5 nitrogen and oxygen atoms in total. The summed E-state index contributed by atoms with van der Waals surface area (Å²) < 4.78 is 38.1. The number of piperidine rings is 1. The fourth-order valence-electron chi connectivity index (χ4n) is 3.76. The monoisotopic (exact) mass is 340 g/mol. The number of hydrogen-bond acceptors (Lipinski definition) is 3. The normalized spacial score (nSPS) is 23.9. The van der Waals surface area contributed by atoms with E-state index in [0.29, 0.717) is 44.5 Å². The molecular weight excluding hydrogens is 321 g/mol. The molecule has 130 valence electrons. The van der Waals surface area contributed by atoms with Gasteiger partial charge >= 0.3 is 6.18 Å². The zero-order valence-corrected chi connectivity index (χ0v) is 13.2. The minimum atomic E-state index is -4.48. The van der Waals surface area contributed by atoms with Crippen molar-refractivity contribution >= 4 is 5.91 Å². The van der Waals surface area contributed by atoms with E-state index in [1.165, 1.54) is 0 Å². The molecule has 1 amide bonds. The van der Waals surface area contributed by atoms with Crippen LogP contribution in [0.4, 0.5) is 13.2 Å². The van der Waals surface area contributed by atoms with Gasteiger partial charge in [0.25, 0.3) is 0 Å². The minimum Gasteiger partial charge on any atom is -0.341 e. The predicted molar refractivity (Wildman–Crippen MR) is 78.7 cm³/mol. The van der Waals surface area contributed by atoms with Crippen LogP contribution in [0.2, 0.25) is 0 Å². The summed E-state index contributed by atoms with van der Waals surface area (Å²) >= 11 is 0. The molecule has 0 spiro atoms. The van der Waals surface area contributed by atoms with Crippen LogP contribution in [-0.4, -0.2) is 34.1 Å². The van der Waals surface area contributed by atoms with Gasteiger partial charge in [-0.3, -0.25) is 9.89 Å². The molecule has 1 aliphatic heterocycles. The molecule has 1 aromatic heterocycles. The van der Waals surface area contributed by atoms with Crippen LogP contribution in [0.5, 0.6) is 0 Å². The van der Waals surface area contributed by atoms with Gasteiger partial charge in [-0.15, -0.1) is 0 Å². The highest BCUT2D eigenvalue weighted by molar-refractivity contribution is 5.86. The number of amides is 1. The van der Waals surface area contributed by atoms with Crippen LogP contribution in [0.1, 0.15) is 55.8 Å². The Labute approximate surface area is 137 Å². The summed E-state index contributed by atoms with van der Waals surface area (Å²) in [6, 6.07) is 3.22. The predicted octanol–water partition coefficient (Wildman–Crippen LogP) is 3.22. The molecule has 0 aromatic carbocycles. The summed E-state index contributed by atoms with van der Waals surface area (Å²) in [7, 11) is 0. The van der Waals surface area contributed by atoms with Gasteiger partial charge in [-0.05, 0) is 31.7 Å². The molecule has 0 unspecified atom stereocenters. The molecule has 1 atom stereocenters. The Morgan fingerprint density at radius 2 is 2.08 bits per heavy atom. The fraction of sp³-hybridized carbons (Fsp3) is 0.688. The Hall–Kier alpha value is -2.04. The third kappa shape index (κ3) is 2.99. The van der Waals surface area contributed by atoms with Gasteiger partial charge in [-0.2, -0.15) is 23.5 Å². The lowest BCUT2D eigenvalue weighted by Crippen LogP contribution is -2.46. The Kier molecular flexibility index (Phi) is 4.28. The van der Waals surface area contributed by atoms with Crippen LogP contribution in [0.3, 0.4) is 0 Å². The van der Waals surface area contributed by atoms with Gasteiger partial charge in [-0.1, -0.05) is 12.8 Å². The fourth-order valence-corrected chi connectivity index (χ4v) is 3.76. The highest BCUT2D eigenvalue weighted by atomic mass is 19.4. The van der Waals surface area contributed by atoms with Gasteiger partial charge in [0, 0.05) is 24.7 Å². The number of hydrogen-bond donors (Lipinski definition) is 1. The van der Waals surface area contributed by atoms with Crippen molar-refractivity contribution in [3.05, 3.63) is 17.5 Å². The number of aromatic nitrogens is 2. The quantitative estimate of drug-likeness (QED) is 0.898. The van der Waals surface area contributed by atoms with Gasteiger partial charge in [0.2, 0.25) is 5.91 Å². The summed E-state index contributed by atoms with van der Waals surface area (Å²) in [4.78, 5) is 14.4. The summed E-state index contributed by atoms with van der Waals surface area (Å²) in [5.74, 6) is -0.369. The molecule has 1 aromatic rings. The second-order valence-corrected chi connectivity index (χ2v) is 6.70. The molecular formula is C16H19F3N4O. The molecule has 3 rings (SSSR count). The summed E-state index contributed by atoms with van der Waals surface area (Å²) in [5.41, 5.74) is -1.48. The molecule has 1 aliphatic carbocycles. The molecule has 2 fully saturated rings. The maximum atomic E-state index is 12.8. The Balaban J connectivity index is 1.74. The highest BCUT2D eigenvalue weighted by Gasteiger charge is 2.45. The molecule has 24 heavy (non-hydrogen) atoms. The summed E-state index contributed by atoms with van der Waals surface area (Å²) in [6.07, 6.45) is -0.190. The van der Waals surface area contributed by atoms with Crippen molar-refractivity contribution in [3.63, 3.8) is 0 Å². The van der Waals surface area contributed by atoms with Crippen LogP contribution >= 0.6 is 0 Å². The van der Waals surface area contributed by atoms with Gasteiger partial charge in [0.05, 0.1) is 6.07 Å². The number of aromatic amines is 1. The number of likely N-dealkylation sites (tertiary alicyclic amines) is 1. The first-order valence-electron chi connectivity index (χ1n) is 8.19. The molecule has 2 heterocycles. The molecule has 0 bridgehead atoms. The SMILES string of the molecule is N#CC1(C(=O)N2CCC[C@@H](c3cc(C(F)(F)F)n[nH]3)C2)CCCC1. The lowest BCUT2D eigenvalue weighted by molar-refractivity contribution is -0.141. The summed E-state index contributed by atoms with van der Waals surface area (Å²) in [6.45, 7) is 0.890. The third-order valence-corrected chi connectivity index (χ3v) is 5.12. The van der Waals surface area contributed by atoms with E-state index in [4.69, 9.17) is 0 Å². The Morgan fingerprint density at radius 1 is 1.38 bits per heavy atom. The smallest absolute Gasteiger partial charge is 0.341 e. The van der Waals surface area contributed by atoms with E-state index in [2.05, 4.69) is 16.3 Å². The van der Waals surface area contributed by atoms with Crippen LogP contribution in [0, 0.1) is 16.7 Å². The van der Waals surface area contributed by atoms with Crippen molar-refractivity contribution in [2.45, 2.75) is 50.6 Å². The number of rotatable bonds is 2. The highest BCUT2D eigenvalue weighted by Crippen LogP contribution is 2.40. The average molecular weight is 340 g/mol. The second kappa shape index (κ2) is 6.11. The van der Waals surface area contributed by atoms with Crippen molar-refractivity contribution in [2.75, 3.05) is 13.1 Å². The lowest BCUT2D eigenvalue weighted by Gasteiger charge is -2.36. The lowest BCUT2D eigenvalue weighted by atomic mass is 9.84. The number of H-pyrrole nitrogens is 1. The number of nitrogens with zero attached hydrogens (tertiary/aromatic N) is 3. The van der Waals surface area contributed by atoms with E-state index in [-0.39, 0.29) is 11.8 Å². The zero-order valence-electron chi connectivity index (χ0n) is 13.2. The molecule has 2 aliphatic rings. The first-order valence-corrected chi connectivity index (χ1v) is 8.19. The topological polar surface area (TPSA) is 72.8 Å². The maximum absolute atomic E-state index is 12.8. The Morgan fingerprint density at radius 3 is 2.67 bits per heavy atom. The minimum absolute atomic E-state index is 0.164. The van der Waals surface area contributed by atoms with E-state index in [1.54, 1.807) is 4.90 Å². The maximum Gasteiger partial charge on any atom is 0.435 e. The second-order valence-electron chi connectivity index (χ2n) is 6.70. The number of halogens is 3.